The third kappa shape index (κ3) is 8.11. The Morgan fingerprint density at radius 2 is 1.19 bits per heavy atom. The molecule has 0 bridgehead atoms. The van der Waals surface area contributed by atoms with Crippen LogP contribution in [0.3, 0.4) is 0 Å². The van der Waals surface area contributed by atoms with Gasteiger partial charge in [-0.3, -0.25) is 9.55 Å². The van der Waals surface area contributed by atoms with E-state index < -0.39 is 23.6 Å². The van der Waals surface area contributed by atoms with Crippen LogP contribution in [-0.4, -0.2) is 19.6 Å². The fourth-order valence-corrected chi connectivity index (χ4v) is 8.49. The maximum absolute atomic E-state index is 12.3. The quantitative estimate of drug-likeness (QED) is 0.150. The highest BCUT2D eigenvalue weighted by Crippen LogP contribution is 2.44. The lowest BCUT2D eigenvalue weighted by Crippen LogP contribution is -2.11. The highest BCUT2D eigenvalue weighted by Gasteiger charge is 2.25. The summed E-state index contributed by atoms with van der Waals surface area (Å²) in [5, 5.41) is 12.3. The van der Waals surface area contributed by atoms with Crippen molar-refractivity contribution in [2.24, 2.45) is 0 Å². The van der Waals surface area contributed by atoms with Crippen LogP contribution in [0.5, 0.6) is 5.75 Å². The number of hydrogen-bond donors (Lipinski definition) is 1. The number of hydrogen-bond acceptors (Lipinski definition) is 3. The summed E-state index contributed by atoms with van der Waals surface area (Å²) < 4.78 is 38.5. The molecule has 0 spiro atoms. The maximum Gasteiger partial charge on any atom is 0.149 e. The third-order valence-corrected chi connectivity index (χ3v) is 12.0. The van der Waals surface area contributed by atoms with Gasteiger partial charge in [0.1, 0.15) is 11.6 Å². The number of phenolic OH excluding ortho intramolecular Hbond substituents is 1. The molecular weight excluding hydrogens is 755 g/mol. The molecule has 1 N–H and O–H groups in total. The molecule has 62 heavy (non-hydrogen) atoms. The van der Waals surface area contributed by atoms with Gasteiger partial charge >= 0.3 is 0 Å². The van der Waals surface area contributed by atoms with Gasteiger partial charge in [0.05, 0.1) is 22.3 Å². The van der Waals surface area contributed by atoms with Crippen molar-refractivity contribution < 1.29 is 10.6 Å². The molecule has 4 heteroatoms. The lowest BCUT2D eigenvalue weighted by Gasteiger charge is -2.22. The molecule has 0 atom stereocenters. The number of aromatic hydroxyl groups is 1. The first-order valence-electron chi connectivity index (χ1n) is 23.6. The number of benzene rings is 6. The normalized spacial score (nSPS) is 13.7. The van der Waals surface area contributed by atoms with Gasteiger partial charge in [-0.25, -0.2) is 4.98 Å². The molecule has 8 rings (SSSR count). The molecule has 0 saturated carbocycles. The van der Waals surface area contributed by atoms with Crippen LogP contribution < -0.4 is 0 Å². The Hall–Kier alpha value is -6.26. The minimum atomic E-state index is -1.18. The van der Waals surface area contributed by atoms with Crippen LogP contribution in [0.15, 0.2) is 140 Å². The summed E-state index contributed by atoms with van der Waals surface area (Å²) in [6.07, 6.45) is 1.87. The molecule has 0 saturated heterocycles. The molecule has 0 aliphatic rings. The molecule has 0 amide bonds. The Bertz CT molecular complexity index is 3070. The second-order valence-electron chi connectivity index (χ2n) is 18.5. The summed E-state index contributed by atoms with van der Waals surface area (Å²) in [4.78, 5) is 10.4. The van der Waals surface area contributed by atoms with Crippen LogP contribution in [0.4, 0.5) is 0 Å². The number of para-hydroxylation sites is 1. The average Bonchev–Trinajstić information content (AvgIpc) is 3.64. The topological polar surface area (TPSA) is 50.9 Å². The van der Waals surface area contributed by atoms with Crippen molar-refractivity contribution in [1.82, 2.24) is 14.5 Å². The minimum absolute atomic E-state index is 0.0481. The minimum Gasteiger partial charge on any atom is -0.507 e. The summed E-state index contributed by atoms with van der Waals surface area (Å²) in [6.45, 7) is 21.3. The third-order valence-electron chi connectivity index (χ3n) is 12.0. The first-order chi connectivity index (χ1) is 30.8. The van der Waals surface area contributed by atoms with Crippen LogP contribution in [0, 0.1) is 0 Å². The number of imidazole rings is 1. The number of pyridine rings is 1. The fourth-order valence-electron chi connectivity index (χ4n) is 8.49. The van der Waals surface area contributed by atoms with Gasteiger partial charge in [0.2, 0.25) is 0 Å². The largest absolute Gasteiger partial charge is 0.507 e. The number of nitrogens with zero attached hydrogens (tertiary/aromatic N) is 3. The van der Waals surface area contributed by atoms with Gasteiger partial charge in [-0.1, -0.05) is 161 Å². The molecule has 314 valence electrons. The maximum atomic E-state index is 12.3. The Kier molecular flexibility index (Phi) is 10.2. The van der Waals surface area contributed by atoms with Crippen LogP contribution in [0.25, 0.3) is 72.7 Å². The van der Waals surface area contributed by atoms with Crippen molar-refractivity contribution in [3.05, 3.63) is 167 Å². The second kappa shape index (κ2) is 16.9. The molecule has 0 radical (unpaired) electrons. The van der Waals surface area contributed by atoms with Gasteiger partial charge in [0.15, 0.2) is 0 Å². The van der Waals surface area contributed by atoms with E-state index in [2.05, 4.69) is 67.8 Å². The van der Waals surface area contributed by atoms with Crippen molar-refractivity contribution in [2.75, 3.05) is 0 Å². The Balaban J connectivity index is 1.41. The molecule has 2 aromatic heterocycles. The monoisotopic (exact) mass is 820 g/mol. The zero-order valence-corrected chi connectivity index (χ0v) is 38.1. The van der Waals surface area contributed by atoms with E-state index in [4.69, 9.17) is 15.5 Å². The van der Waals surface area contributed by atoms with Crippen LogP contribution in [0.2, 0.25) is 0 Å². The SMILES string of the molecule is [2H]C(C)(C)c1cc(-c2nc3c(-c4cc(-c5cc(-c6ccccc6)ccn5)cc(C(C)(C)C)c4)cccc3n2-c2ccc(-c3c(C([2H])(C)C)cccc3C([2H])(C)C)cc2)c(O)c(C([2H])(C)C)c1. The first-order valence-corrected chi connectivity index (χ1v) is 21.6. The van der Waals surface area contributed by atoms with Gasteiger partial charge in [-0.15, -0.1) is 0 Å². The number of phenols is 1. The van der Waals surface area contributed by atoms with E-state index in [-0.39, 0.29) is 11.2 Å². The summed E-state index contributed by atoms with van der Waals surface area (Å²) in [5.74, 6) is -3.62. The van der Waals surface area contributed by atoms with Gasteiger partial charge in [-0.05, 0) is 133 Å². The van der Waals surface area contributed by atoms with E-state index in [0.717, 1.165) is 78.0 Å². The predicted octanol–water partition coefficient (Wildman–Crippen LogP) is 16.3. The van der Waals surface area contributed by atoms with Gasteiger partial charge in [0, 0.05) is 28.5 Å². The van der Waals surface area contributed by atoms with Crippen LogP contribution in [-0.2, 0) is 5.41 Å². The molecule has 8 aromatic rings. The van der Waals surface area contributed by atoms with Crippen molar-refractivity contribution in [3.63, 3.8) is 0 Å². The summed E-state index contributed by atoms with van der Waals surface area (Å²) in [5.41, 5.74) is 14.2. The highest BCUT2D eigenvalue weighted by molar-refractivity contribution is 5.97. The van der Waals surface area contributed by atoms with E-state index in [1.165, 1.54) is 0 Å². The van der Waals surface area contributed by atoms with Crippen molar-refractivity contribution in [1.29, 1.82) is 0 Å². The zero-order valence-electron chi connectivity index (χ0n) is 42.1. The molecule has 0 aliphatic heterocycles. The van der Waals surface area contributed by atoms with E-state index in [9.17, 15) is 5.11 Å². The Labute approximate surface area is 375 Å². The molecule has 4 nitrogen and oxygen atoms in total. The fraction of sp³-hybridized carbons (Fsp3) is 0.276. The van der Waals surface area contributed by atoms with Gasteiger partial charge in [-0.2, -0.15) is 0 Å². The number of aromatic nitrogens is 3. The summed E-state index contributed by atoms with van der Waals surface area (Å²) in [7, 11) is 0. The highest BCUT2D eigenvalue weighted by atomic mass is 16.3. The first kappa shape index (κ1) is 37.5. The van der Waals surface area contributed by atoms with E-state index in [0.29, 0.717) is 22.5 Å². The van der Waals surface area contributed by atoms with E-state index in [1.54, 1.807) is 19.9 Å². The van der Waals surface area contributed by atoms with Gasteiger partial charge in [0.25, 0.3) is 0 Å². The van der Waals surface area contributed by atoms with Crippen molar-refractivity contribution >= 4 is 11.0 Å². The second-order valence-corrected chi connectivity index (χ2v) is 18.5. The van der Waals surface area contributed by atoms with Crippen LogP contribution in [0.1, 0.15) is 133 Å². The number of fused-ring (bicyclic) bond motifs is 1. The molecular formula is C58H61N3O. The molecule has 6 aromatic carbocycles. The molecule has 0 aliphatic carbocycles. The van der Waals surface area contributed by atoms with E-state index in [1.807, 2.05) is 133 Å². The van der Waals surface area contributed by atoms with Crippen molar-refractivity contribution in [3.8, 4) is 67.5 Å². The molecule has 0 fully saturated rings. The standard InChI is InChI=1S/C58H61N3O/c1-35(2)42-32-50(38(7)8)56(62)51(33-42)57-60-55-49(43-29-44(31-45(30-43)58(9,10)11)52-34-41(27-28-59-52)39-17-13-12-14-18-39)21-16-22-53(55)61(57)46-25-23-40(24-26-46)54-47(36(3)4)19-15-20-48(54)37(5)6/h12-38,62H,1-11H3/i35D,36D,37D,38D. The summed E-state index contributed by atoms with van der Waals surface area (Å²) >= 11 is 0. The molecule has 0 unspecified atom stereocenters. The molecule has 2 heterocycles. The van der Waals surface area contributed by atoms with Gasteiger partial charge < -0.3 is 5.11 Å². The lowest BCUT2D eigenvalue weighted by atomic mass is 9.83. The Morgan fingerprint density at radius 1 is 0.548 bits per heavy atom. The Morgan fingerprint density at radius 3 is 1.82 bits per heavy atom. The van der Waals surface area contributed by atoms with Crippen molar-refractivity contribution in [2.45, 2.75) is 105 Å². The zero-order chi connectivity index (χ0) is 47.7. The summed E-state index contributed by atoms with van der Waals surface area (Å²) in [6, 6.07) is 45.1. The van der Waals surface area contributed by atoms with E-state index >= 15 is 0 Å². The smallest absolute Gasteiger partial charge is 0.149 e. The lowest BCUT2D eigenvalue weighted by molar-refractivity contribution is 0.466. The van der Waals surface area contributed by atoms with Crippen LogP contribution >= 0.6 is 0 Å². The predicted molar refractivity (Wildman–Crippen MR) is 263 cm³/mol. The number of rotatable bonds is 10. The average molecular weight is 820 g/mol.